The molecule has 0 N–H and O–H groups in total. The Labute approximate surface area is 174 Å². The van der Waals surface area contributed by atoms with Crippen molar-refractivity contribution in [3.8, 4) is 22.7 Å². The predicted octanol–water partition coefficient (Wildman–Crippen LogP) is 4.37. The highest BCUT2D eigenvalue weighted by atomic mass is 35.5. The summed E-state index contributed by atoms with van der Waals surface area (Å²) in [7, 11) is 2.25. The molecule has 0 spiro atoms. The van der Waals surface area contributed by atoms with E-state index in [0.717, 1.165) is 20.3 Å². The summed E-state index contributed by atoms with van der Waals surface area (Å²) in [5.74, 6) is -2.11. The number of alkyl halides is 2. The number of carbonyl (C=O) groups excluding carboxylic acids is 2. The highest BCUT2D eigenvalue weighted by molar-refractivity contribution is 6.30. The molecule has 0 unspecified atom stereocenters. The van der Waals surface area contributed by atoms with Crippen LogP contribution < -0.4 is 4.74 Å². The van der Waals surface area contributed by atoms with Gasteiger partial charge in [-0.2, -0.15) is 13.9 Å². The quantitative estimate of drug-likeness (QED) is 0.534. The molecule has 0 amide bonds. The van der Waals surface area contributed by atoms with Crippen LogP contribution >= 0.6 is 11.6 Å². The van der Waals surface area contributed by atoms with Gasteiger partial charge in [0.15, 0.2) is 5.69 Å². The van der Waals surface area contributed by atoms with Crippen molar-refractivity contribution in [1.29, 1.82) is 0 Å². The Hall–Kier alpha value is -3.46. The van der Waals surface area contributed by atoms with E-state index in [4.69, 9.17) is 21.1 Å². The lowest BCUT2D eigenvalue weighted by molar-refractivity contribution is -0.0494. The third kappa shape index (κ3) is 4.11. The largest absolute Gasteiger partial charge is 0.465 e. The predicted molar refractivity (Wildman–Crippen MR) is 103 cm³/mol. The van der Waals surface area contributed by atoms with E-state index >= 15 is 0 Å². The highest BCUT2D eigenvalue weighted by Gasteiger charge is 2.32. The molecule has 0 aliphatic rings. The Bertz CT molecular complexity index is 1090. The number of esters is 2. The maximum atomic E-state index is 12.9. The van der Waals surface area contributed by atoms with Crippen LogP contribution in [-0.4, -0.2) is 42.6 Å². The number of aromatic nitrogens is 2. The molecule has 0 atom stereocenters. The Morgan fingerprint density at radius 3 is 2.30 bits per heavy atom. The molecule has 0 fully saturated rings. The molecule has 0 saturated heterocycles. The third-order valence-electron chi connectivity index (χ3n) is 4.07. The van der Waals surface area contributed by atoms with Gasteiger partial charge >= 0.3 is 18.6 Å². The standard InChI is InChI=1S/C20H15ClF2N2O5/c1-28-18(26)15-16(13-9-8-11(21)10-14(13)30-20(22)23)24-25(17(15)19(27)29-2)12-6-4-3-5-7-12/h3-10,20H,1-2H3. The fourth-order valence-corrected chi connectivity index (χ4v) is 2.99. The summed E-state index contributed by atoms with van der Waals surface area (Å²) >= 11 is 5.91. The van der Waals surface area contributed by atoms with Crippen LogP contribution in [0.2, 0.25) is 5.02 Å². The second-order valence-electron chi connectivity index (χ2n) is 5.82. The van der Waals surface area contributed by atoms with Gasteiger partial charge in [-0.05, 0) is 30.3 Å². The number of hydrogen-bond donors (Lipinski definition) is 0. The first kappa shape index (κ1) is 21.3. The maximum Gasteiger partial charge on any atom is 0.387 e. The first-order valence-electron chi connectivity index (χ1n) is 8.47. The minimum absolute atomic E-state index is 0.0138. The van der Waals surface area contributed by atoms with E-state index in [9.17, 15) is 18.4 Å². The molecule has 3 aromatic rings. The van der Waals surface area contributed by atoms with Crippen molar-refractivity contribution in [2.75, 3.05) is 14.2 Å². The van der Waals surface area contributed by atoms with Crippen LogP contribution in [0.1, 0.15) is 20.8 Å². The normalized spacial score (nSPS) is 10.7. The number of methoxy groups -OCH3 is 2. The summed E-state index contributed by atoms with van der Waals surface area (Å²) in [6, 6.07) is 12.4. The molecule has 0 aliphatic heterocycles. The summed E-state index contributed by atoms with van der Waals surface area (Å²) in [4.78, 5) is 25.1. The van der Waals surface area contributed by atoms with Gasteiger partial charge in [-0.15, -0.1) is 0 Å². The molecule has 156 valence electrons. The van der Waals surface area contributed by atoms with Gasteiger partial charge in [0.1, 0.15) is 17.0 Å². The third-order valence-corrected chi connectivity index (χ3v) is 4.30. The van der Waals surface area contributed by atoms with Crippen LogP contribution in [0.5, 0.6) is 5.75 Å². The molecule has 7 nitrogen and oxygen atoms in total. The van der Waals surface area contributed by atoms with Gasteiger partial charge in [0.05, 0.1) is 19.9 Å². The van der Waals surface area contributed by atoms with Crippen LogP contribution in [-0.2, 0) is 9.47 Å². The molecule has 1 heterocycles. The van der Waals surface area contributed by atoms with Crippen LogP contribution in [0.25, 0.3) is 16.9 Å². The summed E-state index contributed by atoms with van der Waals surface area (Å²) in [5, 5.41) is 4.46. The van der Waals surface area contributed by atoms with E-state index in [2.05, 4.69) is 9.84 Å². The molecular weight excluding hydrogens is 422 g/mol. The number of nitrogens with zero attached hydrogens (tertiary/aromatic N) is 2. The summed E-state index contributed by atoms with van der Waals surface area (Å²) in [6.07, 6.45) is 0. The van der Waals surface area contributed by atoms with Gasteiger partial charge in [0.2, 0.25) is 0 Å². The van der Waals surface area contributed by atoms with E-state index in [0.29, 0.717) is 5.69 Å². The Balaban J connectivity index is 2.37. The van der Waals surface area contributed by atoms with E-state index in [1.165, 1.54) is 16.8 Å². The van der Waals surface area contributed by atoms with Gasteiger partial charge in [0, 0.05) is 10.6 Å². The average molecular weight is 437 g/mol. The van der Waals surface area contributed by atoms with Crippen molar-refractivity contribution >= 4 is 23.5 Å². The molecule has 0 bridgehead atoms. The summed E-state index contributed by atoms with van der Waals surface area (Å²) in [5.41, 5.74) is -0.170. The zero-order chi connectivity index (χ0) is 21.8. The van der Waals surface area contributed by atoms with E-state index in [-0.39, 0.29) is 33.3 Å². The fraction of sp³-hybridized carbons (Fsp3) is 0.150. The number of halogens is 3. The van der Waals surface area contributed by atoms with Crippen molar-refractivity contribution in [2.24, 2.45) is 0 Å². The smallest absolute Gasteiger partial charge is 0.387 e. The monoisotopic (exact) mass is 436 g/mol. The molecule has 30 heavy (non-hydrogen) atoms. The molecule has 0 aliphatic carbocycles. The Morgan fingerprint density at radius 1 is 1.03 bits per heavy atom. The van der Waals surface area contributed by atoms with Crippen molar-refractivity contribution in [2.45, 2.75) is 6.61 Å². The van der Waals surface area contributed by atoms with Crippen molar-refractivity contribution in [1.82, 2.24) is 9.78 Å². The molecule has 0 radical (unpaired) electrons. The maximum absolute atomic E-state index is 12.9. The lowest BCUT2D eigenvalue weighted by atomic mass is 10.0. The van der Waals surface area contributed by atoms with Crippen molar-refractivity contribution in [3.63, 3.8) is 0 Å². The molecule has 0 saturated carbocycles. The van der Waals surface area contributed by atoms with Gasteiger partial charge in [0.25, 0.3) is 0 Å². The molecule has 3 rings (SSSR count). The zero-order valence-corrected chi connectivity index (χ0v) is 16.5. The Morgan fingerprint density at radius 2 is 1.70 bits per heavy atom. The lowest BCUT2D eigenvalue weighted by Gasteiger charge is -2.10. The van der Waals surface area contributed by atoms with Crippen LogP contribution in [0.15, 0.2) is 48.5 Å². The number of carbonyl (C=O) groups is 2. The number of benzene rings is 2. The van der Waals surface area contributed by atoms with E-state index in [1.54, 1.807) is 30.3 Å². The minimum Gasteiger partial charge on any atom is -0.465 e. The molecule has 10 heteroatoms. The van der Waals surface area contributed by atoms with Gasteiger partial charge in [-0.25, -0.2) is 14.3 Å². The first-order valence-corrected chi connectivity index (χ1v) is 8.85. The average Bonchev–Trinajstić information content (AvgIpc) is 3.13. The molecular formula is C20H15ClF2N2O5. The molecule has 1 aromatic heterocycles. The second kappa shape index (κ2) is 8.91. The molecule has 2 aromatic carbocycles. The zero-order valence-electron chi connectivity index (χ0n) is 15.8. The minimum atomic E-state index is -3.15. The van der Waals surface area contributed by atoms with Gasteiger partial charge < -0.3 is 14.2 Å². The fourth-order valence-electron chi connectivity index (χ4n) is 2.83. The number of para-hydroxylation sites is 1. The van der Waals surface area contributed by atoms with Gasteiger partial charge in [-0.1, -0.05) is 29.8 Å². The lowest BCUT2D eigenvalue weighted by Crippen LogP contribution is -2.15. The Kier molecular flexibility index (Phi) is 6.31. The van der Waals surface area contributed by atoms with E-state index < -0.39 is 18.6 Å². The first-order chi connectivity index (χ1) is 14.4. The van der Waals surface area contributed by atoms with Crippen LogP contribution in [0, 0.1) is 0 Å². The second-order valence-corrected chi connectivity index (χ2v) is 6.26. The highest BCUT2D eigenvalue weighted by Crippen LogP contribution is 2.37. The van der Waals surface area contributed by atoms with Crippen LogP contribution in [0.3, 0.4) is 0 Å². The number of rotatable bonds is 6. The number of hydrogen-bond acceptors (Lipinski definition) is 6. The topological polar surface area (TPSA) is 79.7 Å². The number of ether oxygens (including phenoxy) is 3. The SMILES string of the molecule is COC(=O)c1c(-c2ccc(Cl)cc2OC(F)F)nn(-c2ccccc2)c1C(=O)OC. The summed E-state index contributed by atoms with van der Waals surface area (Å²) in [6.45, 7) is -3.15. The van der Waals surface area contributed by atoms with Gasteiger partial charge in [-0.3, -0.25) is 0 Å². The van der Waals surface area contributed by atoms with Crippen molar-refractivity contribution < 1.29 is 32.6 Å². The van der Waals surface area contributed by atoms with Crippen LogP contribution in [0.4, 0.5) is 8.78 Å². The van der Waals surface area contributed by atoms with Crippen molar-refractivity contribution in [3.05, 3.63) is 64.8 Å². The van der Waals surface area contributed by atoms with E-state index in [1.807, 2.05) is 0 Å². The summed E-state index contributed by atoms with van der Waals surface area (Å²) < 4.78 is 41.3.